The van der Waals surface area contributed by atoms with Gasteiger partial charge in [-0.25, -0.2) is 0 Å². The van der Waals surface area contributed by atoms with Crippen molar-refractivity contribution in [3.05, 3.63) is 68.0 Å². The van der Waals surface area contributed by atoms with Crippen LogP contribution in [0.15, 0.2) is 42.2 Å². The quantitative estimate of drug-likeness (QED) is 0.602. The van der Waals surface area contributed by atoms with Gasteiger partial charge in [0, 0.05) is 22.8 Å². The second-order valence-corrected chi connectivity index (χ2v) is 6.55. The second-order valence-electron chi connectivity index (χ2n) is 6.55. The molecule has 2 aliphatic rings. The van der Waals surface area contributed by atoms with Gasteiger partial charge in [-0.2, -0.15) is 0 Å². The third kappa shape index (κ3) is 2.52. The lowest BCUT2D eigenvalue weighted by molar-refractivity contribution is -0.624. The predicted octanol–water partition coefficient (Wildman–Crippen LogP) is 1.86. The van der Waals surface area contributed by atoms with E-state index in [9.17, 15) is 20.2 Å². The van der Waals surface area contributed by atoms with E-state index in [1.54, 1.807) is 4.90 Å². The zero-order valence-corrected chi connectivity index (χ0v) is 13.4. The van der Waals surface area contributed by atoms with Gasteiger partial charge in [-0.1, -0.05) is 30.3 Å². The summed E-state index contributed by atoms with van der Waals surface area (Å²) in [5, 5.41) is 23.6. The third-order valence-electron chi connectivity index (χ3n) is 4.96. The molecule has 0 aromatic heterocycles. The summed E-state index contributed by atoms with van der Waals surface area (Å²) in [7, 11) is 1.38. The second kappa shape index (κ2) is 5.86. The van der Waals surface area contributed by atoms with Crippen LogP contribution in [0.4, 0.5) is 0 Å². The Morgan fingerprint density at radius 1 is 1.17 bits per heavy atom. The van der Waals surface area contributed by atoms with E-state index in [0.29, 0.717) is 6.54 Å². The van der Waals surface area contributed by atoms with Gasteiger partial charge in [0.2, 0.25) is 5.54 Å². The number of nitro groups is 2. The average Bonchev–Trinajstić information content (AvgIpc) is 2.55. The van der Waals surface area contributed by atoms with Crippen molar-refractivity contribution in [3.63, 3.8) is 0 Å². The topological polar surface area (TPSA) is 98.8 Å². The molecule has 1 aliphatic carbocycles. The summed E-state index contributed by atoms with van der Waals surface area (Å²) in [5.74, 6) is 0.225. The average molecular weight is 333 g/mol. The molecule has 1 fully saturated rings. The molecule has 1 aromatic carbocycles. The van der Waals surface area contributed by atoms with Crippen molar-refractivity contribution in [2.45, 2.75) is 30.5 Å². The first-order valence-electron chi connectivity index (χ1n) is 7.72. The molecule has 2 bridgehead atoms. The minimum absolute atomic E-state index is 0.101. The lowest BCUT2D eigenvalue weighted by atomic mass is 9.71. The maximum Gasteiger partial charge on any atom is 0.296 e. The van der Waals surface area contributed by atoms with Crippen molar-refractivity contribution < 1.29 is 14.6 Å². The number of piperidine rings is 1. The van der Waals surface area contributed by atoms with Gasteiger partial charge in [0.05, 0.1) is 26.6 Å². The minimum atomic E-state index is -1.56. The van der Waals surface area contributed by atoms with Crippen LogP contribution < -0.4 is 0 Å². The summed E-state index contributed by atoms with van der Waals surface area (Å²) in [6, 6.07) is 9.47. The molecule has 0 spiro atoms. The fraction of sp³-hybridized carbons (Fsp3) is 0.500. The normalized spacial score (nSPS) is 29.6. The van der Waals surface area contributed by atoms with Gasteiger partial charge < -0.3 is 4.74 Å². The molecular formula is C16H19N3O5. The summed E-state index contributed by atoms with van der Waals surface area (Å²) in [4.78, 5) is 24.6. The van der Waals surface area contributed by atoms with E-state index < -0.39 is 16.0 Å². The fourth-order valence-corrected chi connectivity index (χ4v) is 3.91. The zero-order valence-electron chi connectivity index (χ0n) is 13.4. The number of fused-ring (bicyclic) bond motifs is 2. The Hall–Kier alpha value is -2.48. The summed E-state index contributed by atoms with van der Waals surface area (Å²) < 4.78 is 5.23. The highest BCUT2D eigenvalue weighted by atomic mass is 16.6. The molecule has 128 valence electrons. The van der Waals surface area contributed by atoms with E-state index in [0.717, 1.165) is 5.56 Å². The molecule has 0 N–H and O–H groups in total. The van der Waals surface area contributed by atoms with E-state index >= 15 is 0 Å². The molecule has 0 amide bonds. The fourth-order valence-electron chi connectivity index (χ4n) is 3.91. The van der Waals surface area contributed by atoms with Gasteiger partial charge in [0.15, 0.2) is 5.76 Å². The molecule has 2 atom stereocenters. The van der Waals surface area contributed by atoms with Crippen LogP contribution in [0, 0.1) is 20.2 Å². The van der Waals surface area contributed by atoms with Crippen LogP contribution in [-0.2, 0) is 11.3 Å². The smallest absolute Gasteiger partial charge is 0.296 e. The van der Waals surface area contributed by atoms with E-state index in [-0.39, 0.29) is 36.6 Å². The highest BCUT2D eigenvalue weighted by Gasteiger charge is 2.66. The summed E-state index contributed by atoms with van der Waals surface area (Å²) in [6.45, 7) is 0.727. The number of methoxy groups -OCH3 is 1. The van der Waals surface area contributed by atoms with Crippen molar-refractivity contribution in [1.29, 1.82) is 0 Å². The first-order valence-corrected chi connectivity index (χ1v) is 7.72. The summed E-state index contributed by atoms with van der Waals surface area (Å²) in [6.07, 6.45) is 1.53. The molecule has 0 unspecified atom stereocenters. The van der Waals surface area contributed by atoms with Gasteiger partial charge in [-0.05, 0) is 11.6 Å². The standard InChI is InChI=1S/C16H19N3O5/c1-24-14-7-8-15(18(20)21)10-16(14,19(22)23)12-17(11-15)9-13-5-3-2-4-6-13/h2-7H,8-12H2,1H3/t15-,16-/m0/s1. The number of hydrogen-bond donors (Lipinski definition) is 0. The lowest BCUT2D eigenvalue weighted by Gasteiger charge is -2.45. The molecule has 1 aromatic rings. The molecule has 8 heteroatoms. The zero-order chi connectivity index (χ0) is 17.4. The Bertz CT molecular complexity index is 692. The van der Waals surface area contributed by atoms with E-state index in [2.05, 4.69) is 0 Å². The molecule has 8 nitrogen and oxygen atoms in total. The number of ether oxygens (including phenoxy) is 1. The lowest BCUT2D eigenvalue weighted by Crippen LogP contribution is -2.67. The van der Waals surface area contributed by atoms with Crippen LogP contribution in [0.3, 0.4) is 0 Å². The molecule has 24 heavy (non-hydrogen) atoms. The van der Waals surface area contributed by atoms with Crippen molar-refractivity contribution in [2.24, 2.45) is 0 Å². The molecule has 0 saturated carbocycles. The predicted molar refractivity (Wildman–Crippen MR) is 85.5 cm³/mol. The maximum absolute atomic E-state index is 11.9. The Balaban J connectivity index is 1.99. The Morgan fingerprint density at radius 2 is 1.88 bits per heavy atom. The molecule has 3 rings (SSSR count). The van der Waals surface area contributed by atoms with E-state index in [4.69, 9.17) is 4.74 Å². The summed E-state index contributed by atoms with van der Waals surface area (Å²) in [5.41, 5.74) is -1.94. The monoisotopic (exact) mass is 333 g/mol. The number of benzene rings is 1. The van der Waals surface area contributed by atoms with Gasteiger partial charge >= 0.3 is 0 Å². The van der Waals surface area contributed by atoms with Crippen LogP contribution in [0.25, 0.3) is 0 Å². The molecule has 1 heterocycles. The molecule has 1 saturated heterocycles. The van der Waals surface area contributed by atoms with Crippen LogP contribution in [0.5, 0.6) is 0 Å². The first kappa shape index (κ1) is 16.4. The van der Waals surface area contributed by atoms with Crippen molar-refractivity contribution in [3.8, 4) is 0 Å². The van der Waals surface area contributed by atoms with Gasteiger partial charge in [-0.3, -0.25) is 25.1 Å². The first-order chi connectivity index (χ1) is 11.4. The van der Waals surface area contributed by atoms with Crippen LogP contribution in [-0.4, -0.2) is 46.0 Å². The largest absolute Gasteiger partial charge is 0.494 e. The number of hydrogen-bond acceptors (Lipinski definition) is 6. The van der Waals surface area contributed by atoms with Crippen molar-refractivity contribution in [1.82, 2.24) is 4.90 Å². The number of likely N-dealkylation sites (tertiary alicyclic amines) is 1. The number of nitrogens with zero attached hydrogens (tertiary/aromatic N) is 3. The van der Waals surface area contributed by atoms with Gasteiger partial charge in [0.1, 0.15) is 0 Å². The number of rotatable bonds is 5. The highest BCUT2D eigenvalue weighted by Crippen LogP contribution is 2.44. The van der Waals surface area contributed by atoms with Crippen LogP contribution in [0.1, 0.15) is 18.4 Å². The van der Waals surface area contributed by atoms with Gasteiger partial charge in [-0.15, -0.1) is 0 Å². The van der Waals surface area contributed by atoms with Crippen molar-refractivity contribution in [2.75, 3.05) is 20.2 Å². The van der Waals surface area contributed by atoms with E-state index in [1.165, 1.54) is 13.2 Å². The molecule has 1 aliphatic heterocycles. The van der Waals surface area contributed by atoms with E-state index in [1.807, 2.05) is 30.3 Å². The molecule has 0 radical (unpaired) electrons. The molecular weight excluding hydrogens is 314 g/mol. The Labute approximate surface area is 139 Å². The SMILES string of the molecule is COC1=CC[C@@]2([N+](=O)[O-])CN(Cc3ccccc3)C[C@@]1([N+](=O)[O-])C2. The Kier molecular flexibility index (Phi) is 4.00. The maximum atomic E-state index is 11.9. The minimum Gasteiger partial charge on any atom is -0.494 e. The third-order valence-corrected chi connectivity index (χ3v) is 4.96. The van der Waals surface area contributed by atoms with Crippen molar-refractivity contribution >= 4 is 0 Å². The van der Waals surface area contributed by atoms with Crippen LogP contribution >= 0.6 is 0 Å². The van der Waals surface area contributed by atoms with Gasteiger partial charge in [0.25, 0.3) is 5.54 Å². The highest BCUT2D eigenvalue weighted by molar-refractivity contribution is 5.24. The summed E-state index contributed by atoms with van der Waals surface area (Å²) >= 11 is 0. The Morgan fingerprint density at radius 3 is 2.46 bits per heavy atom. The van der Waals surface area contributed by atoms with Crippen LogP contribution in [0.2, 0.25) is 0 Å².